The number of nitrogens with zero attached hydrogens (tertiary/aromatic N) is 4. The van der Waals surface area contributed by atoms with Gasteiger partial charge in [-0.15, -0.1) is 5.10 Å². The minimum atomic E-state index is -4.43. The SMILES string of the molecule is N#Cc1n[nH]nc1C1CCCN(C(=O)c2ccc(C(F)(F)F)cc2)C1. The molecule has 1 aliphatic heterocycles. The molecule has 1 aromatic heterocycles. The molecule has 1 atom stereocenters. The second-order valence-corrected chi connectivity index (χ2v) is 5.83. The maximum absolute atomic E-state index is 12.6. The third-order valence-electron chi connectivity index (χ3n) is 4.24. The van der Waals surface area contributed by atoms with Crippen molar-refractivity contribution in [2.45, 2.75) is 24.9 Å². The van der Waals surface area contributed by atoms with Crippen LogP contribution in [-0.2, 0) is 6.18 Å². The number of H-pyrrole nitrogens is 1. The third-order valence-corrected chi connectivity index (χ3v) is 4.24. The molecular weight excluding hydrogens is 335 g/mol. The molecule has 25 heavy (non-hydrogen) atoms. The van der Waals surface area contributed by atoms with Crippen LogP contribution >= 0.6 is 0 Å². The fraction of sp³-hybridized carbons (Fsp3) is 0.375. The molecule has 0 saturated carbocycles. The molecule has 1 unspecified atom stereocenters. The van der Waals surface area contributed by atoms with Crippen LogP contribution in [0.5, 0.6) is 0 Å². The summed E-state index contributed by atoms with van der Waals surface area (Å²) in [6.07, 6.45) is -2.95. The number of alkyl halides is 3. The van der Waals surface area contributed by atoms with Crippen LogP contribution in [0.15, 0.2) is 24.3 Å². The van der Waals surface area contributed by atoms with E-state index in [4.69, 9.17) is 5.26 Å². The van der Waals surface area contributed by atoms with Crippen LogP contribution in [0.25, 0.3) is 0 Å². The van der Waals surface area contributed by atoms with Gasteiger partial charge in [0.05, 0.1) is 5.56 Å². The van der Waals surface area contributed by atoms with Gasteiger partial charge in [0.1, 0.15) is 11.8 Å². The summed E-state index contributed by atoms with van der Waals surface area (Å²) < 4.78 is 37.9. The van der Waals surface area contributed by atoms with Crippen LogP contribution in [0.2, 0.25) is 0 Å². The fourth-order valence-electron chi connectivity index (χ4n) is 2.98. The highest BCUT2D eigenvalue weighted by Crippen LogP contribution is 2.30. The Hall–Kier alpha value is -2.89. The van der Waals surface area contributed by atoms with E-state index in [1.165, 1.54) is 12.1 Å². The molecule has 0 bridgehead atoms. The number of halogens is 3. The van der Waals surface area contributed by atoms with Crippen molar-refractivity contribution in [3.05, 3.63) is 46.8 Å². The lowest BCUT2D eigenvalue weighted by Gasteiger charge is -2.32. The van der Waals surface area contributed by atoms with Crippen LogP contribution in [0.1, 0.15) is 46.1 Å². The number of carbonyl (C=O) groups is 1. The summed E-state index contributed by atoms with van der Waals surface area (Å²) in [6, 6.07) is 6.13. The van der Waals surface area contributed by atoms with Gasteiger partial charge in [0.15, 0.2) is 5.69 Å². The molecule has 0 aliphatic carbocycles. The quantitative estimate of drug-likeness (QED) is 0.903. The Morgan fingerprint density at radius 1 is 1.28 bits per heavy atom. The lowest BCUT2D eigenvalue weighted by molar-refractivity contribution is -0.137. The molecule has 1 aromatic carbocycles. The Morgan fingerprint density at radius 3 is 2.64 bits per heavy atom. The van der Waals surface area contributed by atoms with Gasteiger partial charge in [0, 0.05) is 24.6 Å². The monoisotopic (exact) mass is 349 g/mol. The van der Waals surface area contributed by atoms with Gasteiger partial charge in [-0.1, -0.05) is 0 Å². The fourth-order valence-corrected chi connectivity index (χ4v) is 2.98. The second-order valence-electron chi connectivity index (χ2n) is 5.83. The highest BCUT2D eigenvalue weighted by molar-refractivity contribution is 5.94. The number of aromatic amines is 1. The third kappa shape index (κ3) is 3.47. The maximum atomic E-state index is 12.6. The highest BCUT2D eigenvalue weighted by Gasteiger charge is 2.32. The first-order valence-electron chi connectivity index (χ1n) is 7.67. The average molecular weight is 349 g/mol. The van der Waals surface area contributed by atoms with Gasteiger partial charge in [-0.05, 0) is 37.1 Å². The lowest BCUT2D eigenvalue weighted by atomic mass is 9.93. The molecule has 2 heterocycles. The van der Waals surface area contributed by atoms with Crippen molar-refractivity contribution in [3.63, 3.8) is 0 Å². The van der Waals surface area contributed by atoms with Gasteiger partial charge in [-0.25, -0.2) is 0 Å². The maximum Gasteiger partial charge on any atom is 0.416 e. The topological polar surface area (TPSA) is 85.7 Å². The van der Waals surface area contributed by atoms with E-state index in [0.29, 0.717) is 18.8 Å². The van der Waals surface area contributed by atoms with Gasteiger partial charge < -0.3 is 4.90 Å². The molecule has 1 N–H and O–H groups in total. The summed E-state index contributed by atoms with van der Waals surface area (Å²) >= 11 is 0. The van der Waals surface area contributed by atoms with Crippen molar-refractivity contribution < 1.29 is 18.0 Å². The largest absolute Gasteiger partial charge is 0.416 e. The average Bonchev–Trinajstić information content (AvgIpc) is 3.09. The molecule has 1 saturated heterocycles. The van der Waals surface area contributed by atoms with E-state index in [2.05, 4.69) is 15.4 Å². The van der Waals surface area contributed by atoms with Crippen molar-refractivity contribution >= 4 is 5.91 Å². The number of likely N-dealkylation sites (tertiary alicyclic amines) is 1. The minimum absolute atomic E-state index is 0.124. The van der Waals surface area contributed by atoms with E-state index < -0.39 is 11.7 Å². The van der Waals surface area contributed by atoms with E-state index in [1.54, 1.807) is 4.90 Å². The summed E-state index contributed by atoms with van der Waals surface area (Å²) in [5.41, 5.74) is 0.136. The molecule has 0 spiro atoms. The number of amides is 1. The van der Waals surface area contributed by atoms with Gasteiger partial charge in [-0.3, -0.25) is 4.79 Å². The molecule has 3 rings (SSSR count). The predicted molar refractivity (Wildman–Crippen MR) is 80.4 cm³/mol. The van der Waals surface area contributed by atoms with Crippen LogP contribution in [0.4, 0.5) is 13.2 Å². The Balaban J connectivity index is 1.75. The van der Waals surface area contributed by atoms with Crippen molar-refractivity contribution in [3.8, 4) is 6.07 Å². The van der Waals surface area contributed by atoms with Crippen LogP contribution < -0.4 is 0 Å². The Labute approximate surface area is 141 Å². The number of nitrogens with one attached hydrogen (secondary N) is 1. The molecule has 6 nitrogen and oxygen atoms in total. The molecule has 2 aromatic rings. The first-order valence-corrected chi connectivity index (χ1v) is 7.67. The lowest BCUT2D eigenvalue weighted by Crippen LogP contribution is -2.39. The molecule has 1 amide bonds. The Bertz CT molecular complexity index is 806. The van der Waals surface area contributed by atoms with Crippen LogP contribution in [0.3, 0.4) is 0 Å². The van der Waals surface area contributed by atoms with Crippen molar-refractivity contribution in [2.75, 3.05) is 13.1 Å². The second kappa shape index (κ2) is 6.55. The highest BCUT2D eigenvalue weighted by atomic mass is 19.4. The van der Waals surface area contributed by atoms with Gasteiger partial charge >= 0.3 is 6.18 Å². The molecule has 1 fully saturated rings. The summed E-state index contributed by atoms with van der Waals surface area (Å²) in [7, 11) is 0. The van der Waals surface area contributed by atoms with E-state index in [-0.39, 0.29) is 23.1 Å². The van der Waals surface area contributed by atoms with Gasteiger partial charge in [0.2, 0.25) is 0 Å². The summed E-state index contributed by atoms with van der Waals surface area (Å²) in [6.45, 7) is 0.858. The zero-order valence-electron chi connectivity index (χ0n) is 13.0. The molecule has 0 radical (unpaired) electrons. The van der Waals surface area contributed by atoms with E-state index in [1.807, 2.05) is 6.07 Å². The Morgan fingerprint density at radius 2 is 2.00 bits per heavy atom. The number of hydrogen-bond donors (Lipinski definition) is 1. The Kier molecular flexibility index (Phi) is 4.44. The van der Waals surface area contributed by atoms with Crippen LogP contribution in [-0.4, -0.2) is 39.3 Å². The number of hydrogen-bond acceptors (Lipinski definition) is 4. The molecule has 9 heteroatoms. The number of piperidine rings is 1. The number of nitriles is 1. The summed E-state index contributed by atoms with van der Waals surface area (Å²) in [5.74, 6) is -0.457. The van der Waals surface area contributed by atoms with Crippen molar-refractivity contribution in [1.29, 1.82) is 5.26 Å². The summed E-state index contributed by atoms with van der Waals surface area (Å²) in [5, 5.41) is 19.2. The summed E-state index contributed by atoms with van der Waals surface area (Å²) in [4.78, 5) is 14.1. The van der Waals surface area contributed by atoms with E-state index in [0.717, 1.165) is 25.0 Å². The van der Waals surface area contributed by atoms with Gasteiger partial charge in [0.25, 0.3) is 5.91 Å². The van der Waals surface area contributed by atoms with Crippen LogP contribution in [0, 0.1) is 11.3 Å². The predicted octanol–water partition coefficient (Wildman–Crippen LogP) is 2.71. The smallest absolute Gasteiger partial charge is 0.338 e. The van der Waals surface area contributed by atoms with Gasteiger partial charge in [-0.2, -0.15) is 28.7 Å². The number of carbonyl (C=O) groups excluding carboxylic acids is 1. The number of aromatic nitrogens is 3. The number of benzene rings is 1. The van der Waals surface area contributed by atoms with E-state index >= 15 is 0 Å². The molecule has 130 valence electrons. The van der Waals surface area contributed by atoms with E-state index in [9.17, 15) is 18.0 Å². The van der Waals surface area contributed by atoms with Crippen molar-refractivity contribution in [1.82, 2.24) is 20.3 Å². The zero-order valence-corrected chi connectivity index (χ0v) is 13.0. The first kappa shape index (κ1) is 17.0. The molecular formula is C16H14F3N5O. The number of rotatable bonds is 2. The molecule has 1 aliphatic rings. The zero-order chi connectivity index (χ0) is 18.0. The van der Waals surface area contributed by atoms with Crippen molar-refractivity contribution in [2.24, 2.45) is 0 Å². The first-order chi connectivity index (χ1) is 11.9. The normalized spacial score (nSPS) is 18.0. The minimum Gasteiger partial charge on any atom is -0.338 e. The standard InChI is InChI=1S/C16H14F3N5O/c17-16(18,19)12-5-3-10(4-6-12)15(25)24-7-1-2-11(9-24)14-13(8-20)21-23-22-14/h3-6,11H,1-2,7,9H2,(H,21,22,23).